The number of nitrogens with one attached hydrogen (secondary N) is 1. The minimum absolute atomic E-state index is 0.0692. The molecule has 2 heterocycles. The predicted molar refractivity (Wildman–Crippen MR) is 138 cm³/mol. The first-order valence-corrected chi connectivity index (χ1v) is 12.7. The van der Waals surface area contributed by atoms with Gasteiger partial charge in [0.15, 0.2) is 0 Å². The number of benzene rings is 2. The average Bonchev–Trinajstić information content (AvgIpc) is 3.01. The number of ether oxygens (including phenoxy) is 1. The number of hydrogen-bond acceptors (Lipinski definition) is 3. The Kier molecular flexibility index (Phi) is 6.30. The van der Waals surface area contributed by atoms with Gasteiger partial charge in [0, 0.05) is 24.0 Å². The van der Waals surface area contributed by atoms with Gasteiger partial charge in [-0.3, -0.25) is 9.59 Å². The molecule has 1 aliphatic carbocycles. The topological polar surface area (TPSA) is 63.6 Å². The van der Waals surface area contributed by atoms with E-state index in [1.807, 2.05) is 54.8 Å². The molecule has 0 unspecified atom stereocenters. The fourth-order valence-corrected chi connectivity index (χ4v) is 5.55. The number of rotatable bonds is 5. The van der Waals surface area contributed by atoms with Crippen molar-refractivity contribution in [2.75, 3.05) is 7.11 Å². The summed E-state index contributed by atoms with van der Waals surface area (Å²) in [4.78, 5) is 29.7. The average molecular weight is 474 g/mol. The van der Waals surface area contributed by atoms with Crippen LogP contribution in [0.5, 0.6) is 5.75 Å². The molecule has 2 amide bonds. The Morgan fingerprint density at radius 2 is 1.77 bits per heavy atom. The molecule has 1 aromatic heterocycles. The van der Waals surface area contributed by atoms with Crippen LogP contribution in [0, 0.1) is 6.92 Å². The summed E-state index contributed by atoms with van der Waals surface area (Å²) >= 11 is 0. The van der Waals surface area contributed by atoms with Crippen molar-refractivity contribution < 1.29 is 14.3 Å². The van der Waals surface area contributed by atoms with Crippen LogP contribution >= 0.6 is 0 Å². The van der Waals surface area contributed by atoms with Gasteiger partial charge >= 0.3 is 0 Å². The van der Waals surface area contributed by atoms with E-state index in [0.29, 0.717) is 18.8 Å². The first kappa shape index (κ1) is 23.5. The van der Waals surface area contributed by atoms with Gasteiger partial charge in [-0.2, -0.15) is 0 Å². The Balaban J connectivity index is 1.55. The van der Waals surface area contributed by atoms with Gasteiger partial charge in [-0.15, -0.1) is 0 Å². The zero-order valence-electron chi connectivity index (χ0n) is 21.0. The summed E-state index contributed by atoms with van der Waals surface area (Å²) < 4.78 is 7.44. The molecule has 35 heavy (non-hydrogen) atoms. The molecule has 0 spiro atoms. The fourth-order valence-electron chi connectivity index (χ4n) is 5.55. The number of amides is 2. The predicted octanol–water partition coefficient (Wildman–Crippen LogP) is 5.21. The Hall–Kier alpha value is -3.28. The smallest absolute Gasteiger partial charge is 0.271 e. The molecular weight excluding hydrogens is 438 g/mol. The van der Waals surface area contributed by atoms with E-state index in [4.69, 9.17) is 4.74 Å². The van der Waals surface area contributed by atoms with Gasteiger partial charge in [0.1, 0.15) is 17.0 Å². The van der Waals surface area contributed by atoms with E-state index in [1.165, 1.54) is 18.4 Å². The lowest BCUT2D eigenvalue weighted by atomic mass is 9.93. The van der Waals surface area contributed by atoms with Crippen LogP contribution in [-0.2, 0) is 17.9 Å². The Morgan fingerprint density at radius 3 is 2.46 bits per heavy atom. The highest BCUT2D eigenvalue weighted by Gasteiger charge is 2.48. The summed E-state index contributed by atoms with van der Waals surface area (Å²) in [5.74, 6) is 0.545. The van der Waals surface area contributed by atoms with Gasteiger partial charge in [-0.1, -0.05) is 55.5 Å². The first-order valence-electron chi connectivity index (χ1n) is 12.7. The number of nitrogens with zero attached hydrogens (tertiary/aromatic N) is 2. The summed E-state index contributed by atoms with van der Waals surface area (Å²) in [5, 5.41) is 4.31. The molecule has 1 fully saturated rings. The summed E-state index contributed by atoms with van der Waals surface area (Å²) in [7, 11) is 1.64. The molecule has 5 rings (SSSR count). The van der Waals surface area contributed by atoms with Crippen molar-refractivity contribution in [2.24, 2.45) is 0 Å². The van der Waals surface area contributed by atoms with Gasteiger partial charge in [0.2, 0.25) is 5.91 Å². The second kappa shape index (κ2) is 9.40. The molecule has 2 aromatic carbocycles. The lowest BCUT2D eigenvalue weighted by molar-refractivity contribution is -0.134. The van der Waals surface area contributed by atoms with Crippen LogP contribution < -0.4 is 10.1 Å². The van der Waals surface area contributed by atoms with E-state index in [9.17, 15) is 9.59 Å². The molecule has 6 heteroatoms. The molecule has 1 saturated carbocycles. The number of hydrogen-bond donors (Lipinski definition) is 1. The molecule has 184 valence electrons. The number of methoxy groups -OCH3 is 1. The third-order valence-corrected chi connectivity index (χ3v) is 7.78. The van der Waals surface area contributed by atoms with Crippen LogP contribution in [0.1, 0.15) is 67.1 Å². The van der Waals surface area contributed by atoms with Crippen LogP contribution in [0.2, 0.25) is 0 Å². The van der Waals surface area contributed by atoms with Crippen LogP contribution in [0.15, 0.2) is 48.5 Å². The molecule has 2 aliphatic rings. The van der Waals surface area contributed by atoms with Gasteiger partial charge in [0.05, 0.1) is 19.2 Å². The van der Waals surface area contributed by atoms with Gasteiger partial charge in [0.25, 0.3) is 5.91 Å². The number of carbonyl (C=O) groups is 2. The quantitative estimate of drug-likeness (QED) is 0.517. The maximum absolute atomic E-state index is 14.0. The maximum Gasteiger partial charge on any atom is 0.271 e. The van der Waals surface area contributed by atoms with Crippen LogP contribution in [0.3, 0.4) is 0 Å². The molecule has 1 aliphatic heterocycles. The standard InChI is InChI=1S/C29H35N3O3/c1-20-10-12-21(13-11-20)18-32-27(33)26-16-22-14-15-24(35-3)17-25(22)31(26)19-29(32,2)28(34)30-23-8-6-4-5-7-9-23/h10-17,23H,4-9,18-19H2,1-3H3,(H,30,34)/t29-/m1/s1. The normalized spacial score (nSPS) is 21.0. The SMILES string of the molecule is COc1ccc2cc3n(c2c1)C[C@](C)(C(=O)NC1CCCCCC1)N(Cc1ccc(C)cc1)C3=O. The zero-order chi connectivity index (χ0) is 24.6. The highest BCUT2D eigenvalue weighted by atomic mass is 16.5. The molecule has 0 bridgehead atoms. The molecule has 0 radical (unpaired) electrons. The lowest BCUT2D eigenvalue weighted by Gasteiger charge is -2.44. The molecule has 6 nitrogen and oxygen atoms in total. The molecular formula is C29H35N3O3. The highest BCUT2D eigenvalue weighted by Crippen LogP contribution is 2.35. The lowest BCUT2D eigenvalue weighted by Crippen LogP contribution is -2.64. The van der Waals surface area contributed by atoms with Gasteiger partial charge < -0.3 is 19.5 Å². The van der Waals surface area contributed by atoms with E-state index in [2.05, 4.69) is 17.4 Å². The first-order chi connectivity index (χ1) is 16.9. The van der Waals surface area contributed by atoms with Crippen molar-refractivity contribution >= 4 is 22.7 Å². The van der Waals surface area contributed by atoms with E-state index in [0.717, 1.165) is 47.9 Å². The summed E-state index contributed by atoms with van der Waals surface area (Å²) in [6, 6.07) is 16.1. The van der Waals surface area contributed by atoms with Crippen molar-refractivity contribution in [3.05, 3.63) is 65.4 Å². The summed E-state index contributed by atoms with van der Waals surface area (Å²) in [5.41, 5.74) is 2.69. The van der Waals surface area contributed by atoms with Crippen molar-refractivity contribution in [1.29, 1.82) is 0 Å². The van der Waals surface area contributed by atoms with Gasteiger partial charge in [-0.25, -0.2) is 0 Å². The van der Waals surface area contributed by atoms with E-state index in [1.54, 1.807) is 12.0 Å². The van der Waals surface area contributed by atoms with Crippen LogP contribution in [0.4, 0.5) is 0 Å². The third kappa shape index (κ3) is 4.42. The number of carbonyl (C=O) groups excluding carboxylic acids is 2. The Morgan fingerprint density at radius 1 is 1.06 bits per heavy atom. The van der Waals surface area contributed by atoms with Crippen molar-refractivity contribution in [3.8, 4) is 5.75 Å². The number of aromatic nitrogens is 1. The third-order valence-electron chi connectivity index (χ3n) is 7.78. The Bertz CT molecular complexity index is 1240. The summed E-state index contributed by atoms with van der Waals surface area (Å²) in [6.45, 7) is 4.75. The largest absolute Gasteiger partial charge is 0.497 e. The zero-order valence-corrected chi connectivity index (χ0v) is 21.0. The van der Waals surface area contributed by atoms with Crippen molar-refractivity contribution in [3.63, 3.8) is 0 Å². The number of fused-ring (bicyclic) bond motifs is 3. The maximum atomic E-state index is 14.0. The second-order valence-electron chi connectivity index (χ2n) is 10.4. The highest BCUT2D eigenvalue weighted by molar-refractivity contribution is 6.03. The molecule has 0 saturated heterocycles. The van der Waals surface area contributed by atoms with Gasteiger partial charge in [-0.05, 0) is 50.5 Å². The minimum atomic E-state index is -1.02. The second-order valence-corrected chi connectivity index (χ2v) is 10.4. The monoisotopic (exact) mass is 473 g/mol. The summed E-state index contributed by atoms with van der Waals surface area (Å²) in [6.07, 6.45) is 6.73. The van der Waals surface area contributed by atoms with Crippen molar-refractivity contribution in [1.82, 2.24) is 14.8 Å². The van der Waals surface area contributed by atoms with E-state index in [-0.39, 0.29) is 17.9 Å². The molecule has 3 aromatic rings. The van der Waals surface area contributed by atoms with Crippen molar-refractivity contribution in [2.45, 2.75) is 77.0 Å². The molecule has 1 atom stereocenters. The van der Waals surface area contributed by atoms with E-state index >= 15 is 0 Å². The molecule has 1 N–H and O–H groups in total. The van der Waals surface area contributed by atoms with Crippen LogP contribution in [-0.4, -0.2) is 40.0 Å². The van der Waals surface area contributed by atoms with E-state index < -0.39 is 5.54 Å². The number of aryl methyl sites for hydroxylation is 1. The van der Waals surface area contributed by atoms with Crippen LogP contribution in [0.25, 0.3) is 10.9 Å². The minimum Gasteiger partial charge on any atom is -0.497 e. The Labute approximate surface area is 207 Å². The fraction of sp³-hybridized carbons (Fsp3) is 0.448.